The normalized spacial score (nSPS) is 24.2. The number of fused-ring (bicyclic) bond motifs is 1. The van der Waals surface area contributed by atoms with Crippen molar-refractivity contribution in [3.05, 3.63) is 58.6 Å². The fourth-order valence-corrected chi connectivity index (χ4v) is 3.13. The van der Waals surface area contributed by atoms with Gasteiger partial charge in [0.25, 0.3) is 11.6 Å². The van der Waals surface area contributed by atoms with E-state index in [-0.39, 0.29) is 18.1 Å². The van der Waals surface area contributed by atoms with Crippen molar-refractivity contribution in [3.8, 4) is 5.75 Å². The second-order valence-corrected chi connectivity index (χ2v) is 6.44. The fraction of sp³-hybridized carbons (Fsp3) is 0.353. The maximum Gasteiger partial charge on any atom is 0.270 e. The number of hydrogen-bond acceptors (Lipinski definition) is 6. The number of aliphatic hydroxyl groups is 1. The first-order chi connectivity index (χ1) is 11.7. The van der Waals surface area contributed by atoms with Crippen LogP contribution >= 0.6 is 0 Å². The van der Waals surface area contributed by atoms with Crippen LogP contribution in [0.5, 0.6) is 5.75 Å². The highest BCUT2D eigenvalue weighted by Crippen LogP contribution is 2.45. The summed E-state index contributed by atoms with van der Waals surface area (Å²) in [7, 11) is 0. The van der Waals surface area contributed by atoms with E-state index in [9.17, 15) is 20.0 Å². The third kappa shape index (κ3) is 2.85. The number of non-ortho nitro benzene ring substituents is 1. The molecule has 0 unspecified atom stereocenters. The molecule has 0 aliphatic carbocycles. The zero-order valence-corrected chi connectivity index (χ0v) is 13.8. The van der Waals surface area contributed by atoms with E-state index in [2.05, 4.69) is 6.58 Å². The molecule has 132 valence electrons. The van der Waals surface area contributed by atoms with Gasteiger partial charge in [0.05, 0.1) is 23.8 Å². The van der Waals surface area contributed by atoms with Crippen LogP contribution in [0, 0.1) is 10.1 Å². The first-order valence-corrected chi connectivity index (χ1v) is 7.69. The van der Waals surface area contributed by atoms with Crippen LogP contribution in [-0.2, 0) is 9.53 Å². The third-order valence-electron chi connectivity index (χ3n) is 4.37. The summed E-state index contributed by atoms with van der Waals surface area (Å²) >= 11 is 0. The Morgan fingerprint density at radius 2 is 2.24 bits per heavy atom. The van der Waals surface area contributed by atoms with Crippen molar-refractivity contribution in [2.24, 2.45) is 0 Å². The number of benzene rings is 1. The minimum Gasteiger partial charge on any atom is -0.485 e. The highest BCUT2D eigenvalue weighted by atomic mass is 16.6. The fourth-order valence-electron chi connectivity index (χ4n) is 3.13. The van der Waals surface area contributed by atoms with E-state index < -0.39 is 22.7 Å². The minimum atomic E-state index is -1.08. The maximum atomic E-state index is 12.4. The van der Waals surface area contributed by atoms with Gasteiger partial charge in [0.2, 0.25) is 0 Å². The second-order valence-electron chi connectivity index (χ2n) is 6.44. The second kappa shape index (κ2) is 5.89. The molecule has 0 saturated heterocycles. The van der Waals surface area contributed by atoms with Gasteiger partial charge >= 0.3 is 0 Å². The maximum absolute atomic E-state index is 12.4. The van der Waals surface area contributed by atoms with Crippen LogP contribution in [0.1, 0.15) is 25.5 Å². The van der Waals surface area contributed by atoms with Crippen molar-refractivity contribution in [2.45, 2.75) is 31.6 Å². The van der Waals surface area contributed by atoms with Gasteiger partial charge in [-0.05, 0) is 19.9 Å². The molecule has 2 aliphatic heterocycles. The van der Waals surface area contributed by atoms with Crippen LogP contribution in [-0.4, -0.2) is 39.1 Å². The molecular weight excluding hydrogens is 328 g/mol. The lowest BCUT2D eigenvalue weighted by molar-refractivity contribution is -0.385. The Morgan fingerprint density at radius 3 is 2.88 bits per heavy atom. The van der Waals surface area contributed by atoms with E-state index in [4.69, 9.17) is 9.47 Å². The number of ether oxygens (including phenoxy) is 2. The van der Waals surface area contributed by atoms with Gasteiger partial charge in [0.15, 0.2) is 0 Å². The largest absolute Gasteiger partial charge is 0.485 e. The molecule has 1 amide bonds. The number of rotatable bonds is 4. The molecule has 25 heavy (non-hydrogen) atoms. The summed E-state index contributed by atoms with van der Waals surface area (Å²) in [5, 5.41) is 21.9. The zero-order valence-electron chi connectivity index (χ0n) is 13.8. The Kier molecular flexibility index (Phi) is 4.00. The summed E-state index contributed by atoms with van der Waals surface area (Å²) in [4.78, 5) is 24.4. The van der Waals surface area contributed by atoms with Crippen LogP contribution in [0.3, 0.4) is 0 Å². The van der Waals surface area contributed by atoms with E-state index in [1.807, 2.05) is 0 Å². The molecule has 0 radical (unpaired) electrons. The summed E-state index contributed by atoms with van der Waals surface area (Å²) in [6, 6.07) is 3.36. The van der Waals surface area contributed by atoms with Gasteiger partial charge in [-0.2, -0.15) is 0 Å². The molecule has 0 fully saturated rings. The topological polar surface area (TPSA) is 102 Å². The smallest absolute Gasteiger partial charge is 0.270 e. The van der Waals surface area contributed by atoms with Gasteiger partial charge in [-0.3, -0.25) is 14.9 Å². The quantitative estimate of drug-likeness (QED) is 0.508. The average molecular weight is 346 g/mol. The Morgan fingerprint density at radius 1 is 1.52 bits per heavy atom. The summed E-state index contributed by atoms with van der Waals surface area (Å²) in [5.41, 5.74) is -0.722. The van der Waals surface area contributed by atoms with Crippen LogP contribution in [0.15, 0.2) is 42.9 Å². The first kappa shape index (κ1) is 17.0. The molecule has 2 heterocycles. The number of hydrogen-bond donors (Lipinski definition) is 1. The summed E-state index contributed by atoms with van der Waals surface area (Å²) in [6.07, 6.45) is 1.45. The lowest BCUT2D eigenvalue weighted by atomic mass is 9.85. The molecule has 0 bridgehead atoms. The summed E-state index contributed by atoms with van der Waals surface area (Å²) in [6.45, 7) is 6.98. The van der Waals surface area contributed by atoms with E-state index in [0.717, 1.165) is 0 Å². The van der Waals surface area contributed by atoms with Crippen molar-refractivity contribution in [1.82, 2.24) is 4.90 Å². The van der Waals surface area contributed by atoms with Gasteiger partial charge in [0, 0.05) is 23.8 Å². The van der Waals surface area contributed by atoms with Crippen molar-refractivity contribution in [3.63, 3.8) is 0 Å². The van der Waals surface area contributed by atoms with E-state index in [1.54, 1.807) is 13.8 Å². The predicted molar refractivity (Wildman–Crippen MR) is 87.6 cm³/mol. The Hall–Kier alpha value is -2.87. The van der Waals surface area contributed by atoms with Crippen molar-refractivity contribution < 1.29 is 24.3 Å². The van der Waals surface area contributed by atoms with Gasteiger partial charge in [-0.25, -0.2) is 0 Å². The molecule has 0 aromatic heterocycles. The molecule has 2 atom stereocenters. The highest BCUT2D eigenvalue weighted by molar-refractivity contribution is 5.91. The predicted octanol–water partition coefficient (Wildman–Crippen LogP) is 2.05. The molecule has 1 aromatic carbocycles. The van der Waals surface area contributed by atoms with Gasteiger partial charge < -0.3 is 19.5 Å². The number of nitro benzene ring substituents is 1. The van der Waals surface area contributed by atoms with Crippen LogP contribution in [0.2, 0.25) is 0 Å². The Bertz CT molecular complexity index is 785. The van der Waals surface area contributed by atoms with Crippen LogP contribution in [0.25, 0.3) is 0 Å². The number of nitro groups is 1. The number of carbonyl (C=O) groups is 1. The van der Waals surface area contributed by atoms with Crippen molar-refractivity contribution >= 4 is 11.6 Å². The minimum absolute atomic E-state index is 0.130. The first-order valence-electron chi connectivity index (χ1n) is 7.69. The molecule has 8 nitrogen and oxygen atoms in total. The number of amides is 1. The number of aliphatic hydroxyl groups excluding tert-OH is 1. The number of carbonyl (C=O) groups excluding carboxylic acids is 1. The molecular formula is C17H18N2O6. The van der Waals surface area contributed by atoms with Crippen molar-refractivity contribution in [2.75, 3.05) is 6.54 Å². The summed E-state index contributed by atoms with van der Waals surface area (Å²) in [5.74, 6) is 0.441. The molecule has 1 N–H and O–H groups in total. The molecule has 1 aromatic rings. The average Bonchev–Trinajstić information content (AvgIpc) is 2.88. The van der Waals surface area contributed by atoms with Gasteiger partial charge in [0.1, 0.15) is 23.2 Å². The molecule has 8 heteroatoms. The Balaban J connectivity index is 2.06. The third-order valence-corrected chi connectivity index (χ3v) is 4.37. The Labute approximate surface area is 144 Å². The van der Waals surface area contributed by atoms with Crippen LogP contribution in [0.4, 0.5) is 5.69 Å². The van der Waals surface area contributed by atoms with Gasteiger partial charge in [-0.15, -0.1) is 0 Å². The standard InChI is InChI=1S/C17H18N2O6/c1-4-24-11-8-14(20)18(9-11)15-12-7-10(19(22)23)5-6-13(12)25-17(2,3)16(15)21/h4-8,15-16,21H,1,9H2,2-3H3/t15-,16+/m0/s1. The summed E-state index contributed by atoms with van der Waals surface area (Å²) < 4.78 is 11.0. The zero-order chi connectivity index (χ0) is 18.4. The SMILES string of the molecule is C=COC1=CC(=O)N([C@H]2c3cc([N+](=O)[O-])ccc3OC(C)(C)[C@@H]2O)C1. The van der Waals surface area contributed by atoms with E-state index in [0.29, 0.717) is 17.1 Å². The monoisotopic (exact) mass is 346 g/mol. The molecule has 2 aliphatic rings. The van der Waals surface area contributed by atoms with Crippen molar-refractivity contribution in [1.29, 1.82) is 0 Å². The molecule has 3 rings (SSSR count). The molecule has 0 spiro atoms. The van der Waals surface area contributed by atoms with Crippen LogP contribution < -0.4 is 4.74 Å². The van der Waals surface area contributed by atoms with E-state index >= 15 is 0 Å². The lowest BCUT2D eigenvalue weighted by Gasteiger charge is -2.45. The highest BCUT2D eigenvalue weighted by Gasteiger charge is 2.48. The lowest BCUT2D eigenvalue weighted by Crippen LogP contribution is -2.54. The molecule has 0 saturated carbocycles. The van der Waals surface area contributed by atoms with E-state index in [1.165, 1.54) is 35.4 Å². The van der Waals surface area contributed by atoms with Gasteiger partial charge in [-0.1, -0.05) is 6.58 Å². The number of nitrogens with zero attached hydrogens (tertiary/aromatic N) is 2.